The topological polar surface area (TPSA) is 69.1 Å². The molecule has 0 aromatic heterocycles. The van der Waals surface area contributed by atoms with Crippen molar-refractivity contribution in [2.45, 2.75) is 18.9 Å². The molecule has 0 aliphatic heterocycles. The second-order valence-corrected chi connectivity index (χ2v) is 3.36. The van der Waals surface area contributed by atoms with Crippen LogP contribution in [0.1, 0.15) is 12.8 Å². The predicted octanol–water partition coefficient (Wildman–Crippen LogP) is 0.386. The zero-order valence-corrected chi connectivity index (χ0v) is 7.29. The van der Waals surface area contributed by atoms with Gasteiger partial charge in [-0.1, -0.05) is 18.2 Å². The highest BCUT2D eigenvalue weighted by Gasteiger charge is 2.27. The molecule has 4 N–H and O–H groups in total. The Bertz CT molecular complexity index is 350. The minimum Gasteiger partial charge on any atom is -0.400 e. The van der Waals surface area contributed by atoms with Crippen LogP contribution in [-0.4, -0.2) is 11.8 Å². The third-order valence-electron chi connectivity index (χ3n) is 2.45. The zero-order chi connectivity index (χ0) is 9.42. The van der Waals surface area contributed by atoms with Crippen molar-refractivity contribution in [1.29, 1.82) is 0 Å². The third kappa shape index (κ3) is 1.21. The third-order valence-corrected chi connectivity index (χ3v) is 2.45. The van der Waals surface area contributed by atoms with Crippen molar-refractivity contribution in [3.8, 4) is 0 Å². The molecule has 0 aromatic rings. The highest BCUT2D eigenvalue weighted by atomic mass is 16.1. The van der Waals surface area contributed by atoms with E-state index in [9.17, 15) is 4.79 Å². The second kappa shape index (κ2) is 2.85. The Balaban J connectivity index is 2.52. The molecule has 0 radical (unpaired) electrons. The highest BCUT2D eigenvalue weighted by Crippen LogP contribution is 2.27. The molecule has 13 heavy (non-hydrogen) atoms. The molecular weight excluding hydrogens is 164 g/mol. The number of nitrogens with two attached hydrogens (primary N) is 2. The molecule has 0 amide bonds. The van der Waals surface area contributed by atoms with Crippen molar-refractivity contribution in [1.82, 2.24) is 0 Å². The van der Waals surface area contributed by atoms with Gasteiger partial charge in [-0.05, 0) is 6.42 Å². The molecule has 0 fully saturated rings. The van der Waals surface area contributed by atoms with Crippen molar-refractivity contribution < 1.29 is 4.79 Å². The quantitative estimate of drug-likeness (QED) is 0.560. The number of carbonyl (C=O) groups is 1. The smallest absolute Gasteiger partial charge is 0.165 e. The van der Waals surface area contributed by atoms with Crippen LogP contribution in [0.5, 0.6) is 0 Å². The zero-order valence-electron chi connectivity index (χ0n) is 7.29. The first-order valence-corrected chi connectivity index (χ1v) is 4.35. The van der Waals surface area contributed by atoms with E-state index in [2.05, 4.69) is 0 Å². The maximum Gasteiger partial charge on any atom is 0.165 e. The van der Waals surface area contributed by atoms with Crippen LogP contribution in [0.25, 0.3) is 0 Å². The van der Waals surface area contributed by atoms with Crippen molar-refractivity contribution in [2.75, 3.05) is 0 Å². The monoisotopic (exact) mass is 176 g/mol. The van der Waals surface area contributed by atoms with Gasteiger partial charge in [0.2, 0.25) is 0 Å². The average molecular weight is 176 g/mol. The molecule has 0 heterocycles. The first-order chi connectivity index (χ1) is 6.20. The van der Waals surface area contributed by atoms with Gasteiger partial charge in [-0.15, -0.1) is 0 Å². The van der Waals surface area contributed by atoms with E-state index in [0.717, 1.165) is 17.6 Å². The van der Waals surface area contributed by atoms with Crippen LogP contribution in [0.4, 0.5) is 0 Å². The molecule has 1 atom stereocenters. The summed E-state index contributed by atoms with van der Waals surface area (Å²) in [6.07, 6.45) is 6.94. The number of hydrogen-bond acceptors (Lipinski definition) is 3. The van der Waals surface area contributed by atoms with E-state index < -0.39 is 0 Å². The van der Waals surface area contributed by atoms with Crippen LogP contribution in [-0.2, 0) is 4.79 Å². The fraction of sp³-hybridized carbons (Fsp3) is 0.300. The molecule has 0 bridgehead atoms. The summed E-state index contributed by atoms with van der Waals surface area (Å²) in [5.74, 6) is 0.112. The van der Waals surface area contributed by atoms with Crippen molar-refractivity contribution in [3.05, 3.63) is 35.1 Å². The Morgan fingerprint density at radius 2 is 2.23 bits per heavy atom. The van der Waals surface area contributed by atoms with Gasteiger partial charge in [-0.25, -0.2) is 0 Å². The summed E-state index contributed by atoms with van der Waals surface area (Å²) >= 11 is 0. The van der Waals surface area contributed by atoms with Crippen molar-refractivity contribution in [2.24, 2.45) is 11.5 Å². The lowest BCUT2D eigenvalue weighted by Gasteiger charge is -2.24. The first-order valence-electron chi connectivity index (χ1n) is 4.35. The maximum atomic E-state index is 11.5. The number of fused-ring (bicyclic) bond motifs is 1. The molecule has 2 aliphatic rings. The Hall–Kier alpha value is -1.35. The van der Waals surface area contributed by atoms with E-state index >= 15 is 0 Å². The van der Waals surface area contributed by atoms with Crippen molar-refractivity contribution in [3.63, 3.8) is 0 Å². The Kier molecular flexibility index (Phi) is 1.81. The lowest BCUT2D eigenvalue weighted by molar-refractivity contribution is -0.115. The number of rotatable bonds is 0. The van der Waals surface area contributed by atoms with Gasteiger partial charge in [-0.2, -0.15) is 0 Å². The van der Waals surface area contributed by atoms with Gasteiger partial charge in [0, 0.05) is 23.3 Å². The SMILES string of the molecule is NC1=C2C=CCC=C2C(=O)CC1N. The lowest BCUT2D eigenvalue weighted by atomic mass is 9.84. The number of hydrogen-bond donors (Lipinski definition) is 2. The summed E-state index contributed by atoms with van der Waals surface area (Å²) in [6.45, 7) is 0. The summed E-state index contributed by atoms with van der Waals surface area (Å²) in [6, 6.07) is -0.303. The van der Waals surface area contributed by atoms with Crippen LogP contribution in [0, 0.1) is 0 Å². The standard InChI is InChI=1S/C10H12N2O/c11-8-5-9(13)6-3-1-2-4-7(6)10(8)12/h2-4,8H,1,5,11-12H2. The molecule has 2 aliphatic carbocycles. The van der Waals surface area contributed by atoms with Crippen LogP contribution >= 0.6 is 0 Å². The minimum atomic E-state index is -0.303. The molecular formula is C10H12N2O. The number of allylic oxidation sites excluding steroid dienone is 5. The lowest BCUT2D eigenvalue weighted by Crippen LogP contribution is -2.36. The highest BCUT2D eigenvalue weighted by molar-refractivity contribution is 6.02. The Morgan fingerprint density at radius 3 is 3.00 bits per heavy atom. The largest absolute Gasteiger partial charge is 0.400 e. The van der Waals surface area contributed by atoms with E-state index in [0.29, 0.717) is 12.1 Å². The Morgan fingerprint density at radius 1 is 1.46 bits per heavy atom. The molecule has 3 heteroatoms. The molecule has 0 saturated carbocycles. The van der Waals surface area contributed by atoms with Crippen LogP contribution < -0.4 is 11.5 Å². The van der Waals surface area contributed by atoms with Gasteiger partial charge in [0.1, 0.15) is 0 Å². The van der Waals surface area contributed by atoms with Gasteiger partial charge < -0.3 is 11.5 Å². The van der Waals surface area contributed by atoms with Crippen LogP contribution in [0.2, 0.25) is 0 Å². The van der Waals surface area contributed by atoms with E-state index in [4.69, 9.17) is 11.5 Å². The van der Waals surface area contributed by atoms with Gasteiger partial charge in [0.15, 0.2) is 5.78 Å². The van der Waals surface area contributed by atoms with E-state index in [1.165, 1.54) is 0 Å². The fourth-order valence-corrected chi connectivity index (χ4v) is 1.71. The van der Waals surface area contributed by atoms with Gasteiger partial charge in [-0.3, -0.25) is 4.79 Å². The molecule has 0 spiro atoms. The fourth-order valence-electron chi connectivity index (χ4n) is 1.71. The van der Waals surface area contributed by atoms with Gasteiger partial charge >= 0.3 is 0 Å². The molecule has 2 rings (SSSR count). The molecule has 0 saturated heterocycles. The van der Waals surface area contributed by atoms with E-state index in [1.807, 2.05) is 18.2 Å². The summed E-state index contributed by atoms with van der Waals surface area (Å²) in [7, 11) is 0. The normalized spacial score (nSPS) is 27.3. The van der Waals surface area contributed by atoms with E-state index in [1.54, 1.807) is 0 Å². The summed E-state index contributed by atoms with van der Waals surface area (Å²) in [4.78, 5) is 11.5. The molecule has 0 aromatic carbocycles. The predicted molar refractivity (Wildman–Crippen MR) is 50.7 cm³/mol. The first kappa shape index (κ1) is 8.26. The van der Waals surface area contributed by atoms with Gasteiger partial charge in [0.25, 0.3) is 0 Å². The number of Topliss-reactive ketones (excluding diaryl/α,β-unsaturated/α-hetero) is 1. The van der Waals surface area contributed by atoms with Crippen LogP contribution in [0.15, 0.2) is 35.1 Å². The maximum absolute atomic E-state index is 11.5. The van der Waals surface area contributed by atoms with Crippen molar-refractivity contribution >= 4 is 5.78 Å². The summed E-state index contributed by atoms with van der Waals surface area (Å²) in [5.41, 5.74) is 13.7. The van der Waals surface area contributed by atoms with Gasteiger partial charge in [0.05, 0.1) is 6.04 Å². The summed E-state index contributed by atoms with van der Waals surface area (Å²) < 4.78 is 0. The number of ketones is 1. The molecule has 1 unspecified atom stereocenters. The Labute approximate surface area is 76.8 Å². The minimum absolute atomic E-state index is 0.112. The molecule has 68 valence electrons. The second-order valence-electron chi connectivity index (χ2n) is 3.36. The molecule has 3 nitrogen and oxygen atoms in total. The number of carbonyl (C=O) groups excluding carboxylic acids is 1. The van der Waals surface area contributed by atoms with E-state index in [-0.39, 0.29) is 11.8 Å². The van der Waals surface area contributed by atoms with Crippen LogP contribution in [0.3, 0.4) is 0 Å². The summed E-state index contributed by atoms with van der Waals surface area (Å²) in [5, 5.41) is 0. The average Bonchev–Trinajstić information content (AvgIpc) is 2.15.